The van der Waals surface area contributed by atoms with Crippen LogP contribution in [0, 0.1) is 0 Å². The summed E-state index contributed by atoms with van der Waals surface area (Å²) in [6.07, 6.45) is 2.96. The highest BCUT2D eigenvalue weighted by Crippen LogP contribution is 2.37. The number of benzene rings is 3. The van der Waals surface area contributed by atoms with E-state index in [2.05, 4.69) is 20.5 Å². The maximum absolute atomic E-state index is 13.3. The Morgan fingerprint density at radius 2 is 1.78 bits per heavy atom. The van der Waals surface area contributed by atoms with Crippen LogP contribution in [-0.4, -0.2) is 103 Å². The summed E-state index contributed by atoms with van der Waals surface area (Å²) in [5.74, 6) is 0.196. The number of carbonyl (C=O) groups is 4. The molecular weight excluding hydrogens is 741 g/mol. The molecule has 0 radical (unpaired) electrons. The van der Waals surface area contributed by atoms with Crippen LogP contribution in [0.3, 0.4) is 0 Å². The van der Waals surface area contributed by atoms with Gasteiger partial charge in [-0.1, -0.05) is 48.0 Å². The van der Waals surface area contributed by atoms with Crippen molar-refractivity contribution in [3.63, 3.8) is 0 Å². The first-order chi connectivity index (χ1) is 26.4. The largest absolute Gasteiger partial charge is 0.496 e. The van der Waals surface area contributed by atoms with Crippen molar-refractivity contribution in [2.24, 2.45) is 0 Å². The van der Waals surface area contributed by atoms with Gasteiger partial charge in [-0.15, -0.1) is 0 Å². The summed E-state index contributed by atoms with van der Waals surface area (Å²) in [4.78, 5) is 65.5. The molecule has 1 unspecified atom stereocenters. The van der Waals surface area contributed by atoms with E-state index < -0.39 is 19.1 Å². The number of anilines is 2. The van der Waals surface area contributed by atoms with Gasteiger partial charge in [0.1, 0.15) is 24.8 Å². The van der Waals surface area contributed by atoms with Crippen molar-refractivity contribution in [3.8, 4) is 5.75 Å². The van der Waals surface area contributed by atoms with Gasteiger partial charge >= 0.3 is 0 Å². The van der Waals surface area contributed by atoms with E-state index in [9.17, 15) is 23.7 Å². The SMILES string of the molecule is COc1cc(N2CCN(C(=O)CNc3cccc4c3CN(C3CCC(=O)NC3=O)C4=O)CC2)ccc1Cc1ncc(Cl)c(Cc2ccccc2P(C)(C)=O)n1. The Kier molecular flexibility index (Phi) is 11.0. The molecule has 3 aliphatic rings. The number of aromatic nitrogens is 2. The molecule has 13 nitrogen and oxygen atoms in total. The molecule has 4 aromatic rings. The van der Waals surface area contributed by atoms with Gasteiger partial charge in [-0.2, -0.15) is 0 Å². The molecule has 1 aromatic heterocycles. The van der Waals surface area contributed by atoms with E-state index in [0.717, 1.165) is 27.7 Å². The van der Waals surface area contributed by atoms with Crippen LogP contribution in [-0.2, 0) is 38.3 Å². The summed E-state index contributed by atoms with van der Waals surface area (Å²) >= 11 is 6.53. The minimum absolute atomic E-state index is 0.0549. The van der Waals surface area contributed by atoms with Crippen molar-refractivity contribution >= 4 is 59.1 Å². The van der Waals surface area contributed by atoms with E-state index >= 15 is 0 Å². The van der Waals surface area contributed by atoms with E-state index in [0.29, 0.717) is 72.6 Å². The molecule has 0 spiro atoms. The maximum atomic E-state index is 13.3. The predicted octanol–water partition coefficient (Wildman–Crippen LogP) is 4.09. The second-order valence-corrected chi connectivity index (χ2v) is 18.0. The number of nitrogens with one attached hydrogen (secondary N) is 2. The van der Waals surface area contributed by atoms with Gasteiger partial charge in [0.15, 0.2) is 0 Å². The normalized spacial score (nSPS) is 17.3. The van der Waals surface area contributed by atoms with Crippen LogP contribution >= 0.6 is 18.7 Å². The summed E-state index contributed by atoms with van der Waals surface area (Å²) in [6, 6.07) is 18.3. The van der Waals surface area contributed by atoms with Crippen molar-refractivity contribution in [2.75, 3.05) is 63.4 Å². The average molecular weight is 784 g/mol. The second-order valence-electron chi connectivity index (χ2n) is 14.4. The number of fused-ring (bicyclic) bond motifs is 1. The van der Waals surface area contributed by atoms with Crippen LogP contribution in [0.4, 0.5) is 11.4 Å². The standard InChI is InChI=1S/C40H43ClN7O6P/c1-54-34-21-27(12-11-25(34)20-36-43-22-30(41)32(44-36)19-26-7-4-5-10-35(26)55(2,3)53)46-15-17-47(18-16-46)38(50)23-42-31-9-6-8-28-29(31)24-48(40(28)52)33-13-14-37(49)45-39(33)51/h4-12,21-22,33,42H,13-20,23-24H2,1-3H3,(H,45,49,51). The first-order valence-corrected chi connectivity index (χ1v) is 21.2. The van der Waals surface area contributed by atoms with Gasteiger partial charge in [0.05, 0.1) is 24.4 Å². The molecule has 3 aliphatic heterocycles. The zero-order valence-corrected chi connectivity index (χ0v) is 32.7. The van der Waals surface area contributed by atoms with Gasteiger partial charge in [0.2, 0.25) is 17.7 Å². The molecule has 2 saturated heterocycles. The summed E-state index contributed by atoms with van der Waals surface area (Å²) in [5, 5.41) is 6.83. The highest BCUT2D eigenvalue weighted by atomic mass is 35.5. The third kappa shape index (κ3) is 8.23. The molecular formula is C40H43ClN7O6P. The summed E-state index contributed by atoms with van der Waals surface area (Å²) < 4.78 is 18.7. The molecule has 0 saturated carbocycles. The Morgan fingerprint density at radius 1 is 1.00 bits per heavy atom. The monoisotopic (exact) mass is 783 g/mol. The van der Waals surface area contributed by atoms with Gasteiger partial charge < -0.3 is 29.3 Å². The Hall–Kier alpha value is -5.26. The molecule has 4 heterocycles. The van der Waals surface area contributed by atoms with Crippen molar-refractivity contribution in [1.82, 2.24) is 25.1 Å². The molecule has 15 heteroatoms. The van der Waals surface area contributed by atoms with Gasteiger partial charge in [0, 0.05) is 97.6 Å². The molecule has 7 rings (SSSR count). The summed E-state index contributed by atoms with van der Waals surface area (Å²) in [6.45, 7) is 6.16. The van der Waals surface area contributed by atoms with Crippen LogP contribution in [0.1, 0.15) is 51.4 Å². The van der Waals surface area contributed by atoms with Crippen molar-refractivity contribution < 1.29 is 28.5 Å². The number of piperidine rings is 1. The lowest BCUT2D eigenvalue weighted by Gasteiger charge is -2.36. The highest BCUT2D eigenvalue weighted by molar-refractivity contribution is 7.70. The lowest BCUT2D eigenvalue weighted by molar-refractivity contribution is -0.137. The quantitative estimate of drug-likeness (QED) is 0.168. The van der Waals surface area contributed by atoms with Gasteiger partial charge in [-0.25, -0.2) is 9.97 Å². The molecule has 0 aliphatic carbocycles. The topological polar surface area (TPSA) is 154 Å². The number of hydrogen-bond donors (Lipinski definition) is 2. The van der Waals surface area contributed by atoms with Crippen molar-refractivity contribution in [3.05, 3.63) is 106 Å². The number of carbonyl (C=O) groups excluding carboxylic acids is 4. The first-order valence-electron chi connectivity index (χ1n) is 18.2. The number of methoxy groups -OCH3 is 1. The number of rotatable bonds is 11. The first kappa shape index (κ1) is 38.0. The molecule has 4 amide bonds. The molecule has 286 valence electrons. The fraction of sp³-hybridized carbons (Fsp3) is 0.350. The lowest BCUT2D eigenvalue weighted by atomic mass is 10.0. The number of hydrogen-bond acceptors (Lipinski definition) is 10. The Balaban J connectivity index is 0.949. The van der Waals surface area contributed by atoms with Crippen LogP contribution in [0.5, 0.6) is 5.75 Å². The molecule has 3 aromatic carbocycles. The smallest absolute Gasteiger partial charge is 0.255 e. The van der Waals surface area contributed by atoms with E-state index in [4.69, 9.17) is 21.3 Å². The van der Waals surface area contributed by atoms with Gasteiger partial charge in [0.25, 0.3) is 5.91 Å². The zero-order chi connectivity index (χ0) is 38.9. The number of imide groups is 1. The highest BCUT2D eigenvalue weighted by Gasteiger charge is 2.40. The van der Waals surface area contributed by atoms with E-state index in [1.54, 1.807) is 38.8 Å². The summed E-state index contributed by atoms with van der Waals surface area (Å²) in [7, 11) is -0.860. The van der Waals surface area contributed by atoms with Crippen molar-refractivity contribution in [2.45, 2.75) is 38.3 Å². The number of ether oxygens (including phenoxy) is 1. The summed E-state index contributed by atoms with van der Waals surface area (Å²) in [5.41, 5.74) is 5.40. The van der Waals surface area contributed by atoms with Crippen LogP contribution in [0.25, 0.3) is 0 Å². The number of piperazine rings is 1. The Labute approximate surface area is 324 Å². The molecule has 55 heavy (non-hydrogen) atoms. The second kappa shape index (κ2) is 15.8. The van der Waals surface area contributed by atoms with Gasteiger partial charge in [-0.3, -0.25) is 24.5 Å². The van der Waals surface area contributed by atoms with Crippen LogP contribution in [0.2, 0.25) is 5.02 Å². The maximum Gasteiger partial charge on any atom is 0.255 e. The lowest BCUT2D eigenvalue weighted by Crippen LogP contribution is -2.52. The third-order valence-electron chi connectivity index (χ3n) is 10.4. The number of amides is 4. The third-order valence-corrected chi connectivity index (χ3v) is 12.3. The fourth-order valence-corrected chi connectivity index (χ4v) is 8.96. The minimum Gasteiger partial charge on any atom is -0.496 e. The van der Waals surface area contributed by atoms with E-state index in [1.165, 1.54) is 4.90 Å². The molecule has 1 atom stereocenters. The molecule has 0 bridgehead atoms. The van der Waals surface area contributed by atoms with Crippen LogP contribution < -0.4 is 25.6 Å². The fourth-order valence-electron chi connectivity index (χ4n) is 7.51. The predicted molar refractivity (Wildman–Crippen MR) is 211 cm³/mol. The average Bonchev–Trinajstić information content (AvgIpc) is 3.51. The molecule has 2 N–H and O–H groups in total. The Morgan fingerprint density at radius 3 is 2.53 bits per heavy atom. The molecule has 2 fully saturated rings. The zero-order valence-electron chi connectivity index (χ0n) is 31.0. The van der Waals surface area contributed by atoms with Crippen LogP contribution in [0.15, 0.2) is 66.9 Å². The number of nitrogens with zero attached hydrogens (tertiary/aromatic N) is 5. The van der Waals surface area contributed by atoms with Gasteiger partial charge in [-0.05, 0) is 43.5 Å². The van der Waals surface area contributed by atoms with E-state index in [-0.39, 0.29) is 43.7 Å². The number of halogens is 1. The van der Waals surface area contributed by atoms with E-state index in [1.807, 2.05) is 53.4 Å². The Bertz CT molecular complexity index is 2220. The van der Waals surface area contributed by atoms with Crippen molar-refractivity contribution in [1.29, 1.82) is 0 Å². The minimum atomic E-state index is -2.49.